The van der Waals surface area contributed by atoms with Gasteiger partial charge in [-0.25, -0.2) is 4.98 Å². The third kappa shape index (κ3) is 4.32. The molecule has 3 N–H and O–H groups in total. The minimum Gasteiger partial charge on any atom is -0.462 e. The zero-order valence-electron chi connectivity index (χ0n) is 18.3. The van der Waals surface area contributed by atoms with Crippen LogP contribution in [0.2, 0.25) is 0 Å². The second kappa shape index (κ2) is 8.79. The number of amides is 1. The summed E-state index contributed by atoms with van der Waals surface area (Å²) in [6.45, 7) is 3.65. The van der Waals surface area contributed by atoms with Crippen molar-refractivity contribution in [2.75, 3.05) is 23.3 Å². The van der Waals surface area contributed by atoms with Crippen molar-refractivity contribution in [3.63, 3.8) is 0 Å². The van der Waals surface area contributed by atoms with Gasteiger partial charge in [-0.15, -0.1) is 0 Å². The van der Waals surface area contributed by atoms with Gasteiger partial charge in [-0.2, -0.15) is 13.8 Å². The molecule has 174 valence electrons. The molecule has 5 heterocycles. The molecule has 0 unspecified atom stereocenters. The molecule has 2 atom stereocenters. The Kier molecular flexibility index (Phi) is 5.66. The number of anilines is 2. The monoisotopic (exact) mass is 464 g/mol. The molecule has 4 aromatic heterocycles. The Morgan fingerprint density at radius 1 is 1.18 bits per heavy atom. The van der Waals surface area contributed by atoms with Crippen LogP contribution >= 0.6 is 0 Å². The maximum atomic E-state index is 13.6. The normalized spacial score (nSPS) is 18.3. The third-order valence-electron chi connectivity index (χ3n) is 5.80. The molecule has 4 aromatic rings. The average Bonchev–Trinajstić information content (AvgIpc) is 3.21. The van der Waals surface area contributed by atoms with Gasteiger partial charge in [-0.05, 0) is 36.1 Å². The van der Waals surface area contributed by atoms with Crippen LogP contribution in [0.15, 0.2) is 53.4 Å². The number of fused-ring (bicyclic) bond motifs is 1. The van der Waals surface area contributed by atoms with E-state index in [1.807, 2.05) is 6.07 Å². The van der Waals surface area contributed by atoms with Crippen LogP contribution in [0.5, 0.6) is 0 Å². The molecule has 0 spiro atoms. The molecule has 0 aromatic carbocycles. The lowest BCUT2D eigenvalue weighted by molar-refractivity contribution is 0.102. The highest BCUT2D eigenvalue weighted by molar-refractivity contribution is 6.06. The third-order valence-corrected chi connectivity index (χ3v) is 5.80. The molecule has 34 heavy (non-hydrogen) atoms. The molecule has 1 aliphatic heterocycles. The standard InChI is InChI=1S/C24H22F2N6O2/c1-13-6-15(27)11-32(10-13)19-4-5-28-9-18(19)30-24(33)17-2-3-20-23(29-17)16(12-34-20)14-7-21(25)31-22(26)8-14/h2-5,7-9,12-13,15H,6,10-11,27H2,1H3,(H,30,33)/t13-,15+/m1/s1. The number of nitrogens with two attached hydrogens (primary N) is 1. The molecular weight excluding hydrogens is 442 g/mol. The van der Waals surface area contributed by atoms with Gasteiger partial charge in [0.2, 0.25) is 11.9 Å². The topological polar surface area (TPSA) is 110 Å². The van der Waals surface area contributed by atoms with E-state index in [9.17, 15) is 13.6 Å². The molecule has 0 saturated carbocycles. The number of rotatable bonds is 4. The van der Waals surface area contributed by atoms with Gasteiger partial charge in [0, 0.05) is 43.0 Å². The van der Waals surface area contributed by atoms with Gasteiger partial charge in [0.25, 0.3) is 5.91 Å². The number of hydrogen-bond donors (Lipinski definition) is 2. The SMILES string of the molecule is C[C@@H]1C[C@H](N)CN(c2ccncc2NC(=O)c2ccc3occ(-c4cc(F)nc(F)c4)c3n2)C1. The van der Waals surface area contributed by atoms with Crippen molar-refractivity contribution in [2.45, 2.75) is 19.4 Å². The van der Waals surface area contributed by atoms with E-state index in [1.165, 1.54) is 12.3 Å². The van der Waals surface area contributed by atoms with Gasteiger partial charge in [-0.3, -0.25) is 9.78 Å². The number of furan rings is 1. The van der Waals surface area contributed by atoms with Gasteiger partial charge in [-0.1, -0.05) is 6.92 Å². The number of nitrogens with zero attached hydrogens (tertiary/aromatic N) is 4. The van der Waals surface area contributed by atoms with Crippen LogP contribution in [0.3, 0.4) is 0 Å². The fourth-order valence-corrected chi connectivity index (χ4v) is 4.41. The molecule has 0 bridgehead atoms. The minimum atomic E-state index is -0.964. The molecule has 10 heteroatoms. The van der Waals surface area contributed by atoms with Crippen LogP contribution < -0.4 is 16.0 Å². The van der Waals surface area contributed by atoms with Crippen LogP contribution in [0.25, 0.3) is 22.2 Å². The summed E-state index contributed by atoms with van der Waals surface area (Å²) >= 11 is 0. The van der Waals surface area contributed by atoms with E-state index in [0.717, 1.165) is 30.8 Å². The lowest BCUT2D eigenvalue weighted by Crippen LogP contribution is -2.46. The number of piperidine rings is 1. The van der Waals surface area contributed by atoms with E-state index in [0.29, 0.717) is 34.8 Å². The van der Waals surface area contributed by atoms with E-state index in [2.05, 4.69) is 32.1 Å². The van der Waals surface area contributed by atoms with E-state index in [-0.39, 0.29) is 17.3 Å². The summed E-state index contributed by atoms with van der Waals surface area (Å²) in [6, 6.07) is 7.16. The molecule has 8 nitrogen and oxygen atoms in total. The summed E-state index contributed by atoms with van der Waals surface area (Å²) < 4.78 is 32.7. The van der Waals surface area contributed by atoms with Gasteiger partial charge < -0.3 is 20.4 Å². The Morgan fingerprint density at radius 3 is 2.74 bits per heavy atom. The molecule has 1 amide bonds. The van der Waals surface area contributed by atoms with Crippen molar-refractivity contribution in [2.24, 2.45) is 11.7 Å². The largest absolute Gasteiger partial charge is 0.462 e. The predicted octanol–water partition coefficient (Wildman–Crippen LogP) is 3.99. The van der Waals surface area contributed by atoms with Crippen LogP contribution in [0.1, 0.15) is 23.8 Å². The first-order valence-corrected chi connectivity index (χ1v) is 10.8. The first kappa shape index (κ1) is 21.9. The molecule has 1 fully saturated rings. The lowest BCUT2D eigenvalue weighted by Gasteiger charge is -2.37. The Labute approximate surface area is 193 Å². The smallest absolute Gasteiger partial charge is 0.274 e. The molecule has 0 radical (unpaired) electrons. The second-order valence-electron chi connectivity index (χ2n) is 8.55. The van der Waals surface area contributed by atoms with E-state index in [1.54, 1.807) is 18.5 Å². The predicted molar refractivity (Wildman–Crippen MR) is 123 cm³/mol. The quantitative estimate of drug-likeness (QED) is 0.440. The van der Waals surface area contributed by atoms with Crippen molar-refractivity contribution in [1.82, 2.24) is 15.0 Å². The highest BCUT2D eigenvalue weighted by atomic mass is 19.1. The number of carbonyl (C=O) groups excluding carboxylic acids is 1. The summed E-state index contributed by atoms with van der Waals surface area (Å²) in [7, 11) is 0. The van der Waals surface area contributed by atoms with Gasteiger partial charge in [0.15, 0.2) is 5.58 Å². The summed E-state index contributed by atoms with van der Waals surface area (Å²) in [6.07, 6.45) is 5.55. The Morgan fingerprint density at radius 2 is 1.97 bits per heavy atom. The first-order valence-electron chi connectivity index (χ1n) is 10.8. The minimum absolute atomic E-state index is 0.0481. The number of carbonyl (C=O) groups is 1. The van der Waals surface area contributed by atoms with Crippen LogP contribution in [0, 0.1) is 17.8 Å². The van der Waals surface area contributed by atoms with Crippen molar-refractivity contribution in [3.05, 3.63) is 66.6 Å². The Bertz CT molecular complexity index is 1340. The number of pyridine rings is 3. The van der Waals surface area contributed by atoms with Crippen molar-refractivity contribution >= 4 is 28.4 Å². The highest BCUT2D eigenvalue weighted by Gasteiger charge is 2.25. The maximum Gasteiger partial charge on any atom is 0.274 e. The number of hydrogen-bond acceptors (Lipinski definition) is 7. The fourth-order valence-electron chi connectivity index (χ4n) is 4.41. The van der Waals surface area contributed by atoms with Crippen molar-refractivity contribution < 1.29 is 18.0 Å². The lowest BCUT2D eigenvalue weighted by atomic mass is 9.96. The van der Waals surface area contributed by atoms with Crippen molar-refractivity contribution in [1.29, 1.82) is 0 Å². The molecular formula is C24H22F2N6O2. The second-order valence-corrected chi connectivity index (χ2v) is 8.55. The number of nitrogens with one attached hydrogen (secondary N) is 1. The van der Waals surface area contributed by atoms with E-state index >= 15 is 0 Å². The summed E-state index contributed by atoms with van der Waals surface area (Å²) in [5.41, 5.74) is 8.93. The summed E-state index contributed by atoms with van der Waals surface area (Å²) in [4.78, 5) is 26.9. The fraction of sp³-hybridized carbons (Fsp3) is 0.250. The zero-order valence-corrected chi connectivity index (χ0v) is 18.3. The summed E-state index contributed by atoms with van der Waals surface area (Å²) in [5.74, 6) is -1.96. The van der Waals surface area contributed by atoms with Gasteiger partial charge in [0.05, 0.1) is 17.6 Å². The van der Waals surface area contributed by atoms with Crippen molar-refractivity contribution in [3.8, 4) is 11.1 Å². The number of aromatic nitrogens is 3. The average molecular weight is 464 g/mol. The molecule has 0 aliphatic carbocycles. The zero-order chi connectivity index (χ0) is 23.8. The summed E-state index contributed by atoms with van der Waals surface area (Å²) in [5, 5.41) is 2.88. The van der Waals surface area contributed by atoms with Crippen LogP contribution in [0.4, 0.5) is 20.2 Å². The van der Waals surface area contributed by atoms with Gasteiger partial charge >= 0.3 is 0 Å². The molecule has 1 saturated heterocycles. The Balaban J connectivity index is 1.45. The Hall–Kier alpha value is -3.92. The maximum absolute atomic E-state index is 13.6. The number of halogens is 2. The molecule has 1 aliphatic rings. The first-order chi connectivity index (χ1) is 16.4. The van der Waals surface area contributed by atoms with E-state index in [4.69, 9.17) is 10.2 Å². The van der Waals surface area contributed by atoms with E-state index < -0.39 is 17.8 Å². The highest BCUT2D eigenvalue weighted by Crippen LogP contribution is 2.31. The molecule has 5 rings (SSSR count). The van der Waals surface area contributed by atoms with Crippen LogP contribution in [-0.4, -0.2) is 40.0 Å². The van der Waals surface area contributed by atoms with Crippen LogP contribution in [-0.2, 0) is 0 Å². The van der Waals surface area contributed by atoms with Gasteiger partial charge in [0.1, 0.15) is 17.5 Å².